The zero-order valence-electron chi connectivity index (χ0n) is 13.8. The van der Waals surface area contributed by atoms with Gasteiger partial charge in [0.05, 0.1) is 4.88 Å². The summed E-state index contributed by atoms with van der Waals surface area (Å²) in [4.78, 5) is 37.7. The fourth-order valence-corrected chi connectivity index (χ4v) is 3.56. The van der Waals surface area contributed by atoms with E-state index in [1.54, 1.807) is 23.1 Å². The van der Waals surface area contributed by atoms with E-state index in [9.17, 15) is 14.4 Å². The number of benzene rings is 1. The van der Waals surface area contributed by atoms with Gasteiger partial charge in [0.25, 0.3) is 11.8 Å². The van der Waals surface area contributed by atoms with Gasteiger partial charge in [-0.3, -0.25) is 14.4 Å². The summed E-state index contributed by atoms with van der Waals surface area (Å²) >= 11 is 1.30. The van der Waals surface area contributed by atoms with Gasteiger partial charge < -0.3 is 16.0 Å². The molecule has 3 amide bonds. The summed E-state index contributed by atoms with van der Waals surface area (Å²) in [6.45, 7) is 2.81. The van der Waals surface area contributed by atoms with Crippen LogP contribution in [0.15, 0.2) is 35.7 Å². The van der Waals surface area contributed by atoms with Gasteiger partial charge >= 0.3 is 0 Å². The molecule has 2 heterocycles. The minimum atomic E-state index is -0.443. The maximum atomic E-state index is 12.7. The third-order valence-corrected chi connectivity index (χ3v) is 5.22. The van der Waals surface area contributed by atoms with Crippen molar-refractivity contribution in [2.75, 3.05) is 13.1 Å². The molecule has 3 N–H and O–H groups in total. The average Bonchev–Trinajstić information content (AvgIpc) is 3.04. The Labute approximate surface area is 149 Å². The first kappa shape index (κ1) is 17.2. The zero-order chi connectivity index (χ0) is 18.0. The highest BCUT2D eigenvalue weighted by molar-refractivity contribution is 7.12. The number of primary amides is 1. The fourth-order valence-electron chi connectivity index (χ4n) is 2.79. The van der Waals surface area contributed by atoms with Crippen molar-refractivity contribution in [3.8, 4) is 11.1 Å². The number of nitrogens with one attached hydrogen (secondary N) is 1. The van der Waals surface area contributed by atoms with Crippen LogP contribution >= 0.6 is 11.3 Å². The van der Waals surface area contributed by atoms with Crippen LogP contribution in [0.3, 0.4) is 0 Å². The molecule has 0 aliphatic carbocycles. The van der Waals surface area contributed by atoms with E-state index in [1.807, 2.05) is 24.4 Å². The van der Waals surface area contributed by atoms with E-state index in [0.717, 1.165) is 11.1 Å². The van der Waals surface area contributed by atoms with E-state index in [-0.39, 0.29) is 17.9 Å². The van der Waals surface area contributed by atoms with Crippen LogP contribution in [0.2, 0.25) is 0 Å². The van der Waals surface area contributed by atoms with Gasteiger partial charge in [0.1, 0.15) is 0 Å². The van der Waals surface area contributed by atoms with E-state index >= 15 is 0 Å². The van der Waals surface area contributed by atoms with Gasteiger partial charge in [0.15, 0.2) is 0 Å². The lowest BCUT2D eigenvalue weighted by Crippen LogP contribution is -2.41. The van der Waals surface area contributed by atoms with Crippen LogP contribution in [0.1, 0.15) is 33.4 Å². The Morgan fingerprint density at radius 3 is 2.60 bits per heavy atom. The van der Waals surface area contributed by atoms with Gasteiger partial charge in [-0.15, -0.1) is 11.3 Å². The molecule has 1 aliphatic rings. The topological polar surface area (TPSA) is 92.5 Å². The van der Waals surface area contributed by atoms with Crippen LogP contribution < -0.4 is 11.1 Å². The molecule has 1 aromatic carbocycles. The van der Waals surface area contributed by atoms with Crippen LogP contribution in [-0.2, 0) is 4.79 Å². The second-order valence-corrected chi connectivity index (χ2v) is 6.95. The van der Waals surface area contributed by atoms with Crippen molar-refractivity contribution in [3.05, 3.63) is 46.2 Å². The van der Waals surface area contributed by atoms with Crippen LogP contribution in [0.4, 0.5) is 0 Å². The lowest BCUT2D eigenvalue weighted by Gasteiger charge is -2.26. The Balaban J connectivity index is 1.78. The van der Waals surface area contributed by atoms with Crippen molar-refractivity contribution in [3.63, 3.8) is 0 Å². The van der Waals surface area contributed by atoms with Gasteiger partial charge in [0.2, 0.25) is 5.91 Å². The summed E-state index contributed by atoms with van der Waals surface area (Å²) in [6, 6.07) is 8.95. The van der Waals surface area contributed by atoms with Crippen LogP contribution in [0, 0.1) is 0 Å². The van der Waals surface area contributed by atoms with Crippen molar-refractivity contribution in [1.82, 2.24) is 10.2 Å². The normalized spacial score (nSPS) is 17.7. The Kier molecular flexibility index (Phi) is 4.85. The number of amides is 3. The number of nitrogens with zero attached hydrogens (tertiary/aromatic N) is 1. The lowest BCUT2D eigenvalue weighted by atomic mass is 10.1. The van der Waals surface area contributed by atoms with Crippen molar-refractivity contribution < 1.29 is 14.4 Å². The summed E-state index contributed by atoms with van der Waals surface area (Å²) in [6.07, 6.45) is 0.318. The molecule has 6 nitrogen and oxygen atoms in total. The number of carbonyl (C=O) groups is 3. The van der Waals surface area contributed by atoms with Gasteiger partial charge in [0, 0.05) is 31.1 Å². The molecule has 1 saturated heterocycles. The van der Waals surface area contributed by atoms with Crippen molar-refractivity contribution in [1.29, 1.82) is 0 Å². The Morgan fingerprint density at radius 1 is 1.24 bits per heavy atom. The molecule has 2 aromatic rings. The second-order valence-electron chi connectivity index (χ2n) is 6.04. The third kappa shape index (κ3) is 3.71. The molecular formula is C18H19N3O3S. The van der Waals surface area contributed by atoms with Crippen molar-refractivity contribution >= 4 is 29.1 Å². The van der Waals surface area contributed by atoms with E-state index in [0.29, 0.717) is 30.0 Å². The highest BCUT2D eigenvalue weighted by Gasteiger charge is 2.25. The standard InChI is InChI=1S/C18H19N3O3S/c1-11-9-20-16(22)6-7-21(11)18(24)13-4-2-12(3-5-13)14-8-15(17(19)23)25-10-14/h2-5,8,10-11H,6-7,9H2,1H3,(H2,19,23)(H,20,22). The number of rotatable bonds is 3. The van der Waals surface area contributed by atoms with Crippen molar-refractivity contribution in [2.24, 2.45) is 5.73 Å². The Bertz CT molecular complexity index is 813. The predicted molar refractivity (Wildman–Crippen MR) is 96.4 cm³/mol. The Morgan fingerprint density at radius 2 is 1.96 bits per heavy atom. The molecule has 1 aromatic heterocycles. The molecule has 1 fully saturated rings. The molecular weight excluding hydrogens is 338 g/mol. The number of hydrogen-bond donors (Lipinski definition) is 2. The molecule has 1 atom stereocenters. The number of nitrogens with two attached hydrogens (primary N) is 1. The number of thiophene rings is 1. The third-order valence-electron chi connectivity index (χ3n) is 4.27. The zero-order valence-corrected chi connectivity index (χ0v) is 14.6. The van der Waals surface area contributed by atoms with Crippen molar-refractivity contribution in [2.45, 2.75) is 19.4 Å². The molecule has 0 bridgehead atoms. The molecule has 0 spiro atoms. The highest BCUT2D eigenvalue weighted by atomic mass is 32.1. The number of carbonyl (C=O) groups excluding carboxylic acids is 3. The molecule has 25 heavy (non-hydrogen) atoms. The first-order chi connectivity index (χ1) is 12.0. The molecule has 0 radical (unpaired) electrons. The van der Waals surface area contributed by atoms with Gasteiger partial charge in [-0.25, -0.2) is 0 Å². The highest BCUT2D eigenvalue weighted by Crippen LogP contribution is 2.26. The maximum Gasteiger partial charge on any atom is 0.258 e. The van der Waals surface area contributed by atoms with E-state index in [1.165, 1.54) is 11.3 Å². The Hall–Kier alpha value is -2.67. The van der Waals surface area contributed by atoms with Crippen LogP contribution in [0.5, 0.6) is 0 Å². The van der Waals surface area contributed by atoms with E-state index in [4.69, 9.17) is 5.73 Å². The summed E-state index contributed by atoms with van der Waals surface area (Å²) in [5.41, 5.74) is 7.67. The summed E-state index contributed by atoms with van der Waals surface area (Å²) in [5, 5.41) is 4.67. The summed E-state index contributed by atoms with van der Waals surface area (Å²) < 4.78 is 0. The van der Waals surface area contributed by atoms with E-state index in [2.05, 4.69) is 5.32 Å². The minimum Gasteiger partial charge on any atom is -0.365 e. The SMILES string of the molecule is CC1CNC(=O)CCN1C(=O)c1ccc(-c2csc(C(N)=O)c2)cc1. The monoisotopic (exact) mass is 357 g/mol. The van der Waals surface area contributed by atoms with Crippen LogP contribution in [-0.4, -0.2) is 41.8 Å². The smallest absolute Gasteiger partial charge is 0.258 e. The molecule has 0 saturated carbocycles. The second kappa shape index (κ2) is 7.06. The van der Waals surface area contributed by atoms with Gasteiger partial charge in [-0.2, -0.15) is 0 Å². The fraction of sp³-hybridized carbons (Fsp3) is 0.278. The van der Waals surface area contributed by atoms with Crippen LogP contribution in [0.25, 0.3) is 11.1 Å². The number of hydrogen-bond acceptors (Lipinski definition) is 4. The predicted octanol–water partition coefficient (Wildman–Crippen LogP) is 1.86. The largest absolute Gasteiger partial charge is 0.365 e. The summed E-state index contributed by atoms with van der Waals surface area (Å²) in [5.74, 6) is -0.555. The average molecular weight is 357 g/mol. The minimum absolute atomic E-state index is 0.0276. The van der Waals surface area contributed by atoms with Gasteiger partial charge in [-0.05, 0) is 41.6 Å². The first-order valence-corrected chi connectivity index (χ1v) is 8.90. The molecule has 1 aliphatic heterocycles. The molecule has 7 heteroatoms. The molecule has 3 rings (SSSR count). The lowest BCUT2D eigenvalue weighted by molar-refractivity contribution is -0.120. The first-order valence-electron chi connectivity index (χ1n) is 8.02. The quantitative estimate of drug-likeness (QED) is 0.878. The maximum absolute atomic E-state index is 12.7. The van der Waals surface area contributed by atoms with E-state index < -0.39 is 5.91 Å². The molecule has 1 unspecified atom stereocenters. The van der Waals surface area contributed by atoms with Gasteiger partial charge in [-0.1, -0.05) is 12.1 Å². The molecule has 130 valence electrons. The summed E-state index contributed by atoms with van der Waals surface area (Å²) in [7, 11) is 0.